The van der Waals surface area contributed by atoms with E-state index in [1.165, 1.54) is 17.5 Å². The summed E-state index contributed by atoms with van der Waals surface area (Å²) in [6.45, 7) is 7.03. The SMILES string of the molecule is CC(C)C1=CC[C]([Zr]([CH3])([CH3])(=[SiH2])[CH]2c3ccccc3-c3ccccc32)=C1.F.F. The maximum absolute atomic E-state index is 3.16. The van der Waals surface area contributed by atoms with Gasteiger partial charge in [-0.15, -0.1) is 0 Å². The van der Waals surface area contributed by atoms with Crippen LogP contribution in [0.5, 0.6) is 0 Å². The summed E-state index contributed by atoms with van der Waals surface area (Å²) in [5.41, 5.74) is 7.63. The zero-order valence-corrected chi connectivity index (χ0v) is 20.5. The number of rotatable bonds is 3. The molecule has 4 rings (SSSR count). The van der Waals surface area contributed by atoms with E-state index in [2.05, 4.69) is 90.7 Å². The molecule has 0 saturated carbocycles. The van der Waals surface area contributed by atoms with Crippen LogP contribution in [-0.4, -0.2) is 6.88 Å². The van der Waals surface area contributed by atoms with Crippen LogP contribution in [0.2, 0.25) is 9.26 Å². The number of hydrogen-bond donors (Lipinski definition) is 0. The van der Waals surface area contributed by atoms with Crippen molar-refractivity contribution in [1.29, 1.82) is 0 Å². The van der Waals surface area contributed by atoms with Gasteiger partial charge in [0.25, 0.3) is 0 Å². The second kappa shape index (κ2) is 7.37. The van der Waals surface area contributed by atoms with Crippen molar-refractivity contribution in [3.05, 3.63) is 80.7 Å². The van der Waals surface area contributed by atoms with E-state index in [1.807, 2.05) is 0 Å². The van der Waals surface area contributed by atoms with Crippen molar-refractivity contribution >= 4 is 6.88 Å². The molecule has 0 aromatic heterocycles. The molecule has 0 nitrogen and oxygen atoms in total. The van der Waals surface area contributed by atoms with Crippen LogP contribution in [0.4, 0.5) is 9.41 Å². The molecule has 0 atom stereocenters. The molecule has 0 unspecified atom stereocenters. The minimum absolute atomic E-state index is 0. The van der Waals surface area contributed by atoms with Gasteiger partial charge < -0.3 is 0 Å². The van der Waals surface area contributed by atoms with Crippen LogP contribution in [0.15, 0.2) is 69.5 Å². The minimum Gasteiger partial charge on any atom is -0.269 e. The van der Waals surface area contributed by atoms with Gasteiger partial charge in [-0.05, 0) is 0 Å². The molecule has 27 heavy (non-hydrogen) atoms. The van der Waals surface area contributed by atoms with Crippen LogP contribution < -0.4 is 0 Å². The van der Waals surface area contributed by atoms with Gasteiger partial charge in [0, 0.05) is 0 Å². The first-order chi connectivity index (χ1) is 11.8. The van der Waals surface area contributed by atoms with Gasteiger partial charge in [0.15, 0.2) is 0 Å². The maximum atomic E-state index is 2.67. The molecule has 0 N–H and O–H groups in total. The normalized spacial score (nSPS) is 16.1. The summed E-state index contributed by atoms with van der Waals surface area (Å²) in [7, 11) is 0. The Morgan fingerprint density at radius 1 is 0.889 bits per heavy atom. The van der Waals surface area contributed by atoms with Gasteiger partial charge in [0.05, 0.1) is 0 Å². The summed E-state index contributed by atoms with van der Waals surface area (Å²) in [5, 5.41) is 0. The summed E-state index contributed by atoms with van der Waals surface area (Å²) < 4.78 is 7.73. The summed E-state index contributed by atoms with van der Waals surface area (Å²) in [5.74, 6) is 0.634. The Balaban J connectivity index is 0.00000131. The quantitative estimate of drug-likeness (QED) is 0.471. The number of halogens is 2. The molecular weight excluding hydrogens is 434 g/mol. The first kappa shape index (κ1) is 22.2. The molecule has 0 saturated heterocycles. The predicted octanol–water partition coefficient (Wildman–Crippen LogP) is 6.27. The van der Waals surface area contributed by atoms with Gasteiger partial charge in [-0.2, -0.15) is 0 Å². The van der Waals surface area contributed by atoms with Crippen LogP contribution in [0.25, 0.3) is 11.1 Å². The van der Waals surface area contributed by atoms with Gasteiger partial charge in [-0.3, -0.25) is 9.41 Å². The van der Waals surface area contributed by atoms with Gasteiger partial charge in [-0.1, -0.05) is 0 Å². The van der Waals surface area contributed by atoms with E-state index < -0.39 is 17.4 Å². The smallest absolute Gasteiger partial charge is 0.269 e. The fourth-order valence-corrected chi connectivity index (χ4v) is 19.4. The van der Waals surface area contributed by atoms with Crippen LogP contribution >= 0.6 is 0 Å². The Morgan fingerprint density at radius 2 is 1.37 bits per heavy atom. The molecule has 0 heterocycles. The number of fused-ring (bicyclic) bond motifs is 3. The third-order valence-corrected chi connectivity index (χ3v) is 23.6. The Kier molecular flexibility index (Phi) is 6.05. The van der Waals surface area contributed by atoms with Crippen molar-refractivity contribution in [2.45, 2.75) is 33.2 Å². The zero-order chi connectivity index (χ0) is 17.8. The van der Waals surface area contributed by atoms with E-state index in [0.29, 0.717) is 9.54 Å². The maximum Gasteiger partial charge on any atom is -0.269 e. The summed E-state index contributed by atoms with van der Waals surface area (Å²) >= 11 is -3.16. The second-order valence-electron chi connectivity index (χ2n) is 9.15. The van der Waals surface area contributed by atoms with E-state index in [1.54, 1.807) is 20.0 Å². The van der Waals surface area contributed by atoms with Crippen molar-refractivity contribution in [3.63, 3.8) is 0 Å². The van der Waals surface area contributed by atoms with Crippen LogP contribution in [-0.2, 0) is 17.4 Å². The Labute approximate surface area is 164 Å². The van der Waals surface area contributed by atoms with Gasteiger partial charge in [0.2, 0.25) is 0 Å². The van der Waals surface area contributed by atoms with E-state index in [-0.39, 0.29) is 9.41 Å². The molecular formula is C23H30F2SiZr. The van der Waals surface area contributed by atoms with Crippen molar-refractivity contribution in [3.8, 4) is 11.1 Å². The molecule has 144 valence electrons. The largest absolute Gasteiger partial charge is 0.269 e. The van der Waals surface area contributed by atoms with Crippen molar-refractivity contribution in [2.24, 2.45) is 5.92 Å². The van der Waals surface area contributed by atoms with Crippen LogP contribution in [0.3, 0.4) is 0 Å². The number of benzene rings is 2. The fourth-order valence-electron chi connectivity index (χ4n) is 4.86. The molecule has 4 heteroatoms. The van der Waals surface area contributed by atoms with Crippen LogP contribution in [0.1, 0.15) is 35.0 Å². The molecule has 0 spiro atoms. The molecule has 0 radical (unpaired) electrons. The average Bonchev–Trinajstić information content (AvgIpc) is 3.19. The van der Waals surface area contributed by atoms with Crippen LogP contribution in [0, 0.1) is 5.92 Å². The van der Waals surface area contributed by atoms with E-state index in [0.717, 1.165) is 0 Å². The van der Waals surface area contributed by atoms with E-state index in [4.69, 9.17) is 0 Å². The van der Waals surface area contributed by atoms with Crippen molar-refractivity contribution in [2.75, 3.05) is 0 Å². The molecule has 0 bridgehead atoms. The topological polar surface area (TPSA) is 0 Å². The number of hydrogen-bond acceptors (Lipinski definition) is 0. The van der Waals surface area contributed by atoms with E-state index in [9.17, 15) is 0 Å². The molecule has 2 aromatic rings. The minimum atomic E-state index is -3.16. The molecule has 2 aliphatic rings. The molecule has 0 aliphatic heterocycles. The first-order valence-corrected chi connectivity index (χ1v) is 22.9. The third-order valence-electron chi connectivity index (χ3n) is 6.38. The Morgan fingerprint density at radius 3 is 1.81 bits per heavy atom. The molecule has 2 aliphatic carbocycles. The molecule has 2 aromatic carbocycles. The van der Waals surface area contributed by atoms with E-state index >= 15 is 0 Å². The monoisotopic (exact) mass is 462 g/mol. The fraction of sp³-hybridized carbons (Fsp3) is 0.304. The Bertz CT molecular complexity index is 949. The summed E-state index contributed by atoms with van der Waals surface area (Å²) in [6.07, 6.45) is 6.24. The van der Waals surface area contributed by atoms with Crippen molar-refractivity contribution < 1.29 is 26.8 Å². The second-order valence-corrected chi connectivity index (χ2v) is 38.8. The standard InChI is InChI=1S/C13H9.C8H11.2CH3.2FH.H2Si.Zr/c1-3-7-12-10(5-1)9-11-6-2-4-8-13(11)12;1-7(2)8-5-3-4-6-8;;;;;;/h1-9H;5-7H,3H2,1-2H3;2*1H3;2*1H;1H2;. The van der Waals surface area contributed by atoms with Gasteiger partial charge in [0.1, 0.15) is 0 Å². The first-order valence-electron chi connectivity index (χ1n) is 9.45. The molecule has 0 amide bonds. The van der Waals surface area contributed by atoms with Crippen molar-refractivity contribution in [1.82, 2.24) is 0 Å². The van der Waals surface area contributed by atoms with Gasteiger partial charge >= 0.3 is 155 Å². The molecule has 0 fully saturated rings. The summed E-state index contributed by atoms with van der Waals surface area (Å²) in [6, 6.07) is 18.3. The zero-order valence-electron chi connectivity index (χ0n) is 16.7. The Hall–Kier alpha value is -1.12. The number of allylic oxidation sites excluding steroid dienone is 4. The van der Waals surface area contributed by atoms with Gasteiger partial charge in [-0.25, -0.2) is 0 Å². The third kappa shape index (κ3) is 3.40. The average molecular weight is 464 g/mol. The predicted molar refractivity (Wildman–Crippen MR) is 115 cm³/mol. The summed E-state index contributed by atoms with van der Waals surface area (Å²) in [4.78, 5) is 0.